The number of carbonyl (C=O) groups excluding carboxylic acids is 1. The molecule has 3 heteroatoms. The lowest BCUT2D eigenvalue weighted by Crippen LogP contribution is -2.43. The molecule has 1 aliphatic carbocycles. The third kappa shape index (κ3) is 2.98. The van der Waals surface area contributed by atoms with E-state index in [1.54, 1.807) is 0 Å². The molecule has 3 N–H and O–H groups in total. The molecule has 1 saturated carbocycles. The van der Waals surface area contributed by atoms with E-state index < -0.39 is 0 Å². The Labute approximate surface area is 86.4 Å². The molecule has 3 unspecified atom stereocenters. The summed E-state index contributed by atoms with van der Waals surface area (Å²) in [4.78, 5) is 11.0. The van der Waals surface area contributed by atoms with Gasteiger partial charge in [-0.05, 0) is 31.2 Å². The van der Waals surface area contributed by atoms with Gasteiger partial charge in [0.1, 0.15) is 0 Å². The Morgan fingerprint density at radius 1 is 1.57 bits per heavy atom. The van der Waals surface area contributed by atoms with Crippen LogP contribution in [0.3, 0.4) is 0 Å². The Morgan fingerprint density at radius 3 is 2.71 bits per heavy atom. The molecule has 1 rings (SSSR count). The second kappa shape index (κ2) is 5.35. The zero-order chi connectivity index (χ0) is 10.6. The summed E-state index contributed by atoms with van der Waals surface area (Å²) in [6.07, 6.45) is 4.75. The molecular weight excluding hydrogens is 176 g/mol. The number of hydrogen-bond donors (Lipinski definition) is 2. The van der Waals surface area contributed by atoms with E-state index in [1.807, 2.05) is 6.92 Å². The molecule has 1 fully saturated rings. The van der Waals surface area contributed by atoms with Crippen LogP contribution >= 0.6 is 0 Å². The largest absolute Gasteiger partial charge is 0.368 e. The molecule has 0 aromatic heterocycles. The fourth-order valence-electron chi connectivity index (χ4n) is 2.27. The number of nitrogens with two attached hydrogens (primary N) is 1. The summed E-state index contributed by atoms with van der Waals surface area (Å²) in [6, 6.07) is -0.136. The van der Waals surface area contributed by atoms with Crippen molar-refractivity contribution in [3.8, 4) is 0 Å². The van der Waals surface area contributed by atoms with Gasteiger partial charge in [0.15, 0.2) is 0 Å². The summed E-state index contributed by atoms with van der Waals surface area (Å²) >= 11 is 0. The van der Waals surface area contributed by atoms with Gasteiger partial charge in [-0.1, -0.05) is 26.7 Å². The van der Waals surface area contributed by atoms with Crippen molar-refractivity contribution in [1.82, 2.24) is 5.32 Å². The number of primary amides is 1. The van der Waals surface area contributed by atoms with Crippen molar-refractivity contribution in [3.05, 3.63) is 0 Å². The third-order valence-electron chi connectivity index (χ3n) is 3.42. The predicted octanol–water partition coefficient (Wildman–Crippen LogP) is 1.28. The highest BCUT2D eigenvalue weighted by molar-refractivity contribution is 5.79. The molecule has 0 heterocycles. The van der Waals surface area contributed by atoms with Crippen LogP contribution in [0.4, 0.5) is 0 Å². The number of rotatable bonds is 5. The molecule has 82 valence electrons. The Bertz CT molecular complexity index is 194. The Kier molecular flexibility index (Phi) is 4.39. The maximum Gasteiger partial charge on any atom is 0.234 e. The van der Waals surface area contributed by atoms with Gasteiger partial charge in [-0.15, -0.1) is 0 Å². The highest BCUT2D eigenvalue weighted by Crippen LogP contribution is 2.30. The van der Waals surface area contributed by atoms with Crippen molar-refractivity contribution >= 4 is 5.91 Å². The number of carbonyl (C=O) groups is 1. The Hall–Kier alpha value is -0.570. The van der Waals surface area contributed by atoms with Gasteiger partial charge in [0, 0.05) is 0 Å². The SMILES string of the molecule is CCC(NCC1CCCC1C)C(N)=O. The Morgan fingerprint density at radius 2 is 2.29 bits per heavy atom. The zero-order valence-electron chi connectivity index (χ0n) is 9.25. The average molecular weight is 198 g/mol. The molecule has 0 bridgehead atoms. The summed E-state index contributed by atoms with van der Waals surface area (Å²) in [7, 11) is 0. The molecule has 0 radical (unpaired) electrons. The van der Waals surface area contributed by atoms with Crippen molar-refractivity contribution in [1.29, 1.82) is 0 Å². The van der Waals surface area contributed by atoms with Crippen LogP contribution in [-0.4, -0.2) is 18.5 Å². The standard InChI is InChI=1S/C11H22N2O/c1-3-10(11(12)14)13-7-9-6-4-5-8(9)2/h8-10,13H,3-7H2,1-2H3,(H2,12,14). The summed E-state index contributed by atoms with van der Waals surface area (Å²) in [5.74, 6) is 1.31. The first-order valence-corrected chi connectivity index (χ1v) is 5.67. The van der Waals surface area contributed by atoms with Crippen molar-refractivity contribution in [2.75, 3.05) is 6.54 Å². The van der Waals surface area contributed by atoms with E-state index in [-0.39, 0.29) is 11.9 Å². The topological polar surface area (TPSA) is 55.1 Å². The molecule has 3 atom stereocenters. The highest BCUT2D eigenvalue weighted by atomic mass is 16.1. The molecule has 0 spiro atoms. The van der Waals surface area contributed by atoms with Gasteiger partial charge < -0.3 is 11.1 Å². The lowest BCUT2D eigenvalue weighted by Gasteiger charge is -2.19. The van der Waals surface area contributed by atoms with Crippen LogP contribution in [0, 0.1) is 11.8 Å². The minimum Gasteiger partial charge on any atom is -0.368 e. The normalized spacial score (nSPS) is 29.0. The highest BCUT2D eigenvalue weighted by Gasteiger charge is 2.24. The summed E-state index contributed by atoms with van der Waals surface area (Å²) < 4.78 is 0. The lowest BCUT2D eigenvalue weighted by atomic mass is 9.98. The Balaban J connectivity index is 2.27. The van der Waals surface area contributed by atoms with E-state index in [4.69, 9.17) is 5.73 Å². The van der Waals surface area contributed by atoms with Crippen LogP contribution in [0.2, 0.25) is 0 Å². The molecule has 1 amide bonds. The van der Waals surface area contributed by atoms with Crippen LogP contribution in [0.1, 0.15) is 39.5 Å². The van der Waals surface area contributed by atoms with Crippen LogP contribution in [0.25, 0.3) is 0 Å². The number of amides is 1. The molecule has 3 nitrogen and oxygen atoms in total. The monoisotopic (exact) mass is 198 g/mol. The lowest BCUT2D eigenvalue weighted by molar-refractivity contribution is -0.120. The van der Waals surface area contributed by atoms with Gasteiger partial charge >= 0.3 is 0 Å². The first-order chi connectivity index (χ1) is 6.65. The van der Waals surface area contributed by atoms with Crippen LogP contribution in [0.15, 0.2) is 0 Å². The first-order valence-electron chi connectivity index (χ1n) is 5.67. The second-order valence-electron chi connectivity index (χ2n) is 4.44. The second-order valence-corrected chi connectivity index (χ2v) is 4.44. The first kappa shape index (κ1) is 11.5. The van der Waals surface area contributed by atoms with Gasteiger partial charge in [0.05, 0.1) is 6.04 Å². The van der Waals surface area contributed by atoms with Crippen LogP contribution < -0.4 is 11.1 Å². The van der Waals surface area contributed by atoms with E-state index in [9.17, 15) is 4.79 Å². The number of hydrogen-bond acceptors (Lipinski definition) is 2. The minimum atomic E-state index is -0.224. The predicted molar refractivity (Wildman–Crippen MR) is 57.8 cm³/mol. The molecule has 0 saturated heterocycles. The quantitative estimate of drug-likeness (QED) is 0.699. The zero-order valence-corrected chi connectivity index (χ0v) is 9.25. The van der Waals surface area contributed by atoms with Gasteiger partial charge in [-0.2, -0.15) is 0 Å². The summed E-state index contributed by atoms with van der Waals surface area (Å²) in [6.45, 7) is 5.23. The molecule has 0 aliphatic heterocycles. The maximum atomic E-state index is 11.0. The van der Waals surface area contributed by atoms with E-state index in [1.165, 1.54) is 19.3 Å². The average Bonchev–Trinajstić information content (AvgIpc) is 2.52. The molecular formula is C11H22N2O. The fraction of sp³-hybridized carbons (Fsp3) is 0.909. The van der Waals surface area contributed by atoms with Crippen LogP contribution in [-0.2, 0) is 4.79 Å². The summed E-state index contributed by atoms with van der Waals surface area (Å²) in [5, 5.41) is 3.27. The third-order valence-corrected chi connectivity index (χ3v) is 3.42. The summed E-state index contributed by atoms with van der Waals surface area (Å²) in [5.41, 5.74) is 5.27. The van der Waals surface area contributed by atoms with Crippen LogP contribution in [0.5, 0.6) is 0 Å². The molecule has 0 aromatic rings. The molecule has 0 aromatic carbocycles. The van der Waals surface area contributed by atoms with Gasteiger partial charge in [-0.3, -0.25) is 4.79 Å². The number of nitrogens with one attached hydrogen (secondary N) is 1. The van der Waals surface area contributed by atoms with Crippen molar-refractivity contribution < 1.29 is 4.79 Å². The van der Waals surface area contributed by atoms with E-state index >= 15 is 0 Å². The van der Waals surface area contributed by atoms with Gasteiger partial charge in [0.2, 0.25) is 5.91 Å². The van der Waals surface area contributed by atoms with E-state index in [0.29, 0.717) is 0 Å². The van der Waals surface area contributed by atoms with Gasteiger partial charge in [-0.25, -0.2) is 0 Å². The van der Waals surface area contributed by atoms with Crippen molar-refractivity contribution in [2.45, 2.75) is 45.6 Å². The minimum absolute atomic E-state index is 0.136. The van der Waals surface area contributed by atoms with Gasteiger partial charge in [0.25, 0.3) is 0 Å². The maximum absolute atomic E-state index is 11.0. The molecule has 14 heavy (non-hydrogen) atoms. The van der Waals surface area contributed by atoms with Crippen molar-refractivity contribution in [2.24, 2.45) is 17.6 Å². The van der Waals surface area contributed by atoms with E-state index in [2.05, 4.69) is 12.2 Å². The molecule has 1 aliphatic rings. The van der Waals surface area contributed by atoms with Crippen molar-refractivity contribution in [3.63, 3.8) is 0 Å². The smallest absolute Gasteiger partial charge is 0.234 e. The fourth-order valence-corrected chi connectivity index (χ4v) is 2.27. The van der Waals surface area contributed by atoms with E-state index in [0.717, 1.165) is 24.8 Å².